The Hall–Kier alpha value is -2.86. The Morgan fingerprint density at radius 2 is 1.13 bits per heavy atom. The Balaban J connectivity index is 2.12. The van der Waals surface area contributed by atoms with E-state index >= 15 is 0 Å². The number of carbonyl (C=O) groups is 2. The molecule has 0 unspecified atom stereocenters. The quantitative estimate of drug-likeness (QED) is 0.144. The van der Waals surface area contributed by atoms with Gasteiger partial charge in [0.25, 0.3) is 11.8 Å². The Morgan fingerprint density at radius 3 is 1.61 bits per heavy atom. The summed E-state index contributed by atoms with van der Waals surface area (Å²) in [5, 5.41) is 0. The van der Waals surface area contributed by atoms with Crippen molar-refractivity contribution in [3.63, 3.8) is 0 Å². The summed E-state index contributed by atoms with van der Waals surface area (Å²) in [7, 11) is 0. The van der Waals surface area contributed by atoms with Gasteiger partial charge in [-0.15, -0.1) is 0 Å². The highest BCUT2D eigenvalue weighted by molar-refractivity contribution is 6.10. The number of hydrogen-bond acceptors (Lipinski definition) is 5. The summed E-state index contributed by atoms with van der Waals surface area (Å²) < 4.78 is 11.8. The Labute approximate surface area is 229 Å². The van der Waals surface area contributed by atoms with E-state index in [0.29, 0.717) is 48.9 Å². The van der Waals surface area contributed by atoms with Crippen molar-refractivity contribution in [2.75, 3.05) is 26.3 Å². The first-order valence-electron chi connectivity index (χ1n) is 14.6. The van der Waals surface area contributed by atoms with E-state index in [1.165, 1.54) is 30.6 Å². The molecule has 0 aliphatic heterocycles. The van der Waals surface area contributed by atoms with Crippen LogP contribution in [0.25, 0.3) is 0 Å². The molecule has 6 nitrogen and oxygen atoms in total. The standard InChI is InChI=1S/C32H48N2O4/c1-3-5-7-13-23-37-29-19-15-17-27(25-29)31(35)34(22-12-10-9-11-21-33)32(36)28-18-16-20-30(26-28)38-24-14-8-6-4-2/h15-20,25-26H,3-14,21-24,33H2,1-2H3. The molecule has 0 bridgehead atoms. The van der Waals surface area contributed by atoms with E-state index < -0.39 is 0 Å². The SMILES string of the molecule is CCCCCCOc1cccc(C(=O)N(CCCCCCN)C(=O)c2cccc(OCCCCCC)c2)c1. The van der Waals surface area contributed by atoms with Crippen LogP contribution in [0.15, 0.2) is 48.5 Å². The Morgan fingerprint density at radius 1 is 0.658 bits per heavy atom. The zero-order valence-electron chi connectivity index (χ0n) is 23.6. The molecule has 0 saturated heterocycles. The molecule has 0 atom stereocenters. The molecule has 0 aliphatic rings. The second kappa shape index (κ2) is 19.2. The molecule has 0 radical (unpaired) electrons. The van der Waals surface area contributed by atoms with Crippen LogP contribution in [0.4, 0.5) is 0 Å². The van der Waals surface area contributed by atoms with Gasteiger partial charge in [0.15, 0.2) is 0 Å². The van der Waals surface area contributed by atoms with Gasteiger partial charge in [0.2, 0.25) is 0 Å². The molecule has 6 heteroatoms. The minimum Gasteiger partial charge on any atom is -0.494 e. The smallest absolute Gasteiger partial charge is 0.260 e. The number of rotatable bonds is 20. The predicted octanol–water partition coefficient (Wildman–Crippen LogP) is 7.41. The number of ether oxygens (including phenoxy) is 2. The van der Waals surface area contributed by atoms with Gasteiger partial charge in [-0.2, -0.15) is 0 Å². The zero-order chi connectivity index (χ0) is 27.4. The fourth-order valence-electron chi connectivity index (χ4n) is 4.25. The molecule has 0 spiro atoms. The van der Waals surface area contributed by atoms with Crippen LogP contribution in [0.2, 0.25) is 0 Å². The fourth-order valence-corrected chi connectivity index (χ4v) is 4.25. The Kier molecular flexibility index (Phi) is 15.9. The van der Waals surface area contributed by atoms with E-state index in [1.807, 2.05) is 24.3 Å². The lowest BCUT2D eigenvalue weighted by molar-refractivity contribution is 0.0612. The molecule has 0 heterocycles. The van der Waals surface area contributed by atoms with E-state index in [9.17, 15) is 9.59 Å². The summed E-state index contributed by atoms with van der Waals surface area (Å²) in [5.41, 5.74) is 6.53. The topological polar surface area (TPSA) is 81.9 Å². The predicted molar refractivity (Wildman–Crippen MR) is 155 cm³/mol. The van der Waals surface area contributed by atoms with Gasteiger partial charge in [-0.05, 0) is 68.6 Å². The first-order valence-corrected chi connectivity index (χ1v) is 14.6. The van der Waals surface area contributed by atoms with Gasteiger partial charge in [-0.3, -0.25) is 14.5 Å². The number of unbranched alkanes of at least 4 members (excludes halogenated alkanes) is 9. The first-order chi connectivity index (χ1) is 18.6. The van der Waals surface area contributed by atoms with Gasteiger partial charge < -0.3 is 15.2 Å². The highest BCUT2D eigenvalue weighted by Crippen LogP contribution is 2.20. The molecular formula is C32H48N2O4. The van der Waals surface area contributed by atoms with Crippen LogP contribution >= 0.6 is 0 Å². The van der Waals surface area contributed by atoms with Crippen molar-refractivity contribution in [3.05, 3.63) is 59.7 Å². The van der Waals surface area contributed by atoms with Gasteiger partial charge in [0, 0.05) is 17.7 Å². The summed E-state index contributed by atoms with van der Waals surface area (Å²) in [6, 6.07) is 14.3. The molecule has 0 aromatic heterocycles. The van der Waals surface area contributed by atoms with Gasteiger partial charge in [0.05, 0.1) is 13.2 Å². The molecule has 2 aromatic carbocycles. The Bertz CT molecular complexity index is 877. The molecule has 0 aliphatic carbocycles. The lowest BCUT2D eigenvalue weighted by Crippen LogP contribution is -2.37. The summed E-state index contributed by atoms with van der Waals surface area (Å²) in [6.45, 7) is 6.60. The molecule has 2 aromatic rings. The van der Waals surface area contributed by atoms with Crippen LogP contribution in [0, 0.1) is 0 Å². The number of amides is 2. The summed E-state index contributed by atoms with van der Waals surface area (Å²) in [4.78, 5) is 28.6. The van der Waals surface area contributed by atoms with E-state index in [1.54, 1.807) is 24.3 Å². The maximum Gasteiger partial charge on any atom is 0.260 e. The van der Waals surface area contributed by atoms with Crippen molar-refractivity contribution in [3.8, 4) is 11.5 Å². The second-order valence-corrected chi connectivity index (χ2v) is 9.84. The van der Waals surface area contributed by atoms with Gasteiger partial charge >= 0.3 is 0 Å². The second-order valence-electron chi connectivity index (χ2n) is 9.84. The monoisotopic (exact) mass is 524 g/mol. The van der Waals surface area contributed by atoms with Crippen molar-refractivity contribution in [1.29, 1.82) is 0 Å². The molecule has 0 saturated carbocycles. The van der Waals surface area contributed by atoms with E-state index in [4.69, 9.17) is 15.2 Å². The van der Waals surface area contributed by atoms with Crippen LogP contribution in [0.3, 0.4) is 0 Å². The molecule has 2 N–H and O–H groups in total. The van der Waals surface area contributed by atoms with Crippen LogP contribution in [-0.2, 0) is 0 Å². The molecule has 2 amide bonds. The van der Waals surface area contributed by atoms with Crippen molar-refractivity contribution in [2.45, 2.75) is 90.9 Å². The van der Waals surface area contributed by atoms with E-state index in [0.717, 1.165) is 51.4 Å². The molecule has 2 rings (SSSR count). The lowest BCUT2D eigenvalue weighted by atomic mass is 10.1. The van der Waals surface area contributed by atoms with Gasteiger partial charge in [-0.25, -0.2) is 0 Å². The number of imide groups is 1. The molecule has 0 fully saturated rings. The molecule has 210 valence electrons. The average molecular weight is 525 g/mol. The largest absolute Gasteiger partial charge is 0.494 e. The third kappa shape index (κ3) is 11.7. The number of benzene rings is 2. The van der Waals surface area contributed by atoms with Crippen LogP contribution in [0.5, 0.6) is 11.5 Å². The summed E-state index contributed by atoms with van der Waals surface area (Å²) in [6.07, 6.45) is 12.5. The number of hydrogen-bond donors (Lipinski definition) is 1. The van der Waals surface area contributed by atoms with Crippen molar-refractivity contribution >= 4 is 11.8 Å². The third-order valence-corrected chi connectivity index (χ3v) is 6.52. The van der Waals surface area contributed by atoms with Crippen molar-refractivity contribution in [1.82, 2.24) is 4.90 Å². The third-order valence-electron chi connectivity index (χ3n) is 6.52. The van der Waals surface area contributed by atoms with Crippen LogP contribution in [0.1, 0.15) is 112 Å². The summed E-state index contributed by atoms with van der Waals surface area (Å²) >= 11 is 0. The van der Waals surface area contributed by atoms with E-state index in [-0.39, 0.29) is 11.8 Å². The minimum atomic E-state index is -0.309. The van der Waals surface area contributed by atoms with Crippen LogP contribution in [-0.4, -0.2) is 43.0 Å². The maximum atomic E-state index is 13.6. The lowest BCUT2D eigenvalue weighted by Gasteiger charge is -2.22. The van der Waals surface area contributed by atoms with Gasteiger partial charge in [-0.1, -0.05) is 77.3 Å². The average Bonchev–Trinajstić information content (AvgIpc) is 2.94. The molecular weight excluding hydrogens is 476 g/mol. The number of nitrogens with zero attached hydrogens (tertiary/aromatic N) is 1. The summed E-state index contributed by atoms with van der Waals surface area (Å²) in [5.74, 6) is 0.689. The van der Waals surface area contributed by atoms with Crippen molar-refractivity contribution in [2.24, 2.45) is 5.73 Å². The highest BCUT2D eigenvalue weighted by Gasteiger charge is 2.24. The van der Waals surface area contributed by atoms with Gasteiger partial charge in [0.1, 0.15) is 11.5 Å². The number of nitrogens with two attached hydrogens (primary N) is 1. The maximum absolute atomic E-state index is 13.6. The zero-order valence-corrected chi connectivity index (χ0v) is 23.6. The minimum absolute atomic E-state index is 0.309. The highest BCUT2D eigenvalue weighted by atomic mass is 16.5. The number of carbonyl (C=O) groups excluding carboxylic acids is 2. The normalized spacial score (nSPS) is 10.8. The molecule has 38 heavy (non-hydrogen) atoms. The van der Waals surface area contributed by atoms with E-state index in [2.05, 4.69) is 13.8 Å². The van der Waals surface area contributed by atoms with Crippen LogP contribution < -0.4 is 15.2 Å². The fraction of sp³-hybridized carbons (Fsp3) is 0.562. The first kappa shape index (κ1) is 31.4. The van der Waals surface area contributed by atoms with Crippen molar-refractivity contribution < 1.29 is 19.1 Å².